The van der Waals surface area contributed by atoms with Gasteiger partial charge in [-0.2, -0.15) is 0 Å². The summed E-state index contributed by atoms with van der Waals surface area (Å²) in [5, 5.41) is 9.36. The van der Waals surface area contributed by atoms with E-state index in [0.717, 1.165) is 5.56 Å². The smallest absolute Gasteiger partial charge is 0.308 e. The van der Waals surface area contributed by atoms with Gasteiger partial charge in [-0.25, -0.2) is 4.39 Å². The van der Waals surface area contributed by atoms with Gasteiger partial charge in [0, 0.05) is 30.6 Å². The molecule has 7 heteroatoms. The third kappa shape index (κ3) is 3.96. The van der Waals surface area contributed by atoms with Gasteiger partial charge in [-0.15, -0.1) is 0 Å². The summed E-state index contributed by atoms with van der Waals surface area (Å²) in [6.07, 6.45) is 0.00317. The maximum Gasteiger partial charge on any atom is 0.308 e. The van der Waals surface area contributed by atoms with Crippen LogP contribution in [0.2, 0.25) is 5.02 Å². The Balaban J connectivity index is 1.73. The summed E-state index contributed by atoms with van der Waals surface area (Å²) in [6.45, 7) is 0.361. The maximum absolute atomic E-state index is 13.9. The van der Waals surface area contributed by atoms with Crippen LogP contribution in [0.1, 0.15) is 17.5 Å². The number of para-hydroxylation sites is 1. The van der Waals surface area contributed by atoms with Crippen LogP contribution in [-0.4, -0.2) is 28.4 Å². The van der Waals surface area contributed by atoms with Crippen LogP contribution in [0.4, 0.5) is 4.39 Å². The molecule has 0 saturated carbocycles. The molecule has 1 amide bonds. The Kier molecular flexibility index (Phi) is 5.42. The highest BCUT2D eigenvalue weighted by molar-refractivity contribution is 6.31. The number of hydrogen-bond donors (Lipinski definition) is 1. The molecule has 0 radical (unpaired) electrons. The van der Waals surface area contributed by atoms with Gasteiger partial charge in [-0.05, 0) is 18.2 Å². The summed E-state index contributed by atoms with van der Waals surface area (Å²) in [4.78, 5) is 24.6. The van der Waals surface area contributed by atoms with E-state index < -0.39 is 17.7 Å². The van der Waals surface area contributed by atoms with Gasteiger partial charge in [-0.3, -0.25) is 9.59 Å². The summed E-state index contributed by atoms with van der Waals surface area (Å²) < 4.78 is 19.6. The molecule has 2 aromatic carbocycles. The summed E-state index contributed by atoms with van der Waals surface area (Å²) >= 11 is 6.01. The second-order valence-electron chi connectivity index (χ2n) is 6.11. The molecule has 3 rings (SSSR count). The standard InChI is InChI=1S/C19H17ClFNO4/c20-15-5-3-6-16(21)14(15)11-26-17-7-2-1-4-12(17)9-22-10-13(19(24)25)8-18(22)23/h1-7,13H,8-11H2,(H,24,25). The lowest BCUT2D eigenvalue weighted by molar-refractivity contribution is -0.141. The van der Waals surface area contributed by atoms with Gasteiger partial charge in [0.05, 0.1) is 10.9 Å². The normalized spacial score (nSPS) is 16.8. The Morgan fingerprint density at radius 2 is 2.04 bits per heavy atom. The van der Waals surface area contributed by atoms with Crippen molar-refractivity contribution in [3.05, 3.63) is 64.4 Å². The zero-order valence-corrected chi connectivity index (χ0v) is 14.6. The quantitative estimate of drug-likeness (QED) is 0.836. The molecule has 5 nitrogen and oxygen atoms in total. The van der Waals surface area contributed by atoms with Crippen molar-refractivity contribution in [2.45, 2.75) is 19.6 Å². The Labute approximate surface area is 154 Å². The number of aliphatic carboxylic acids is 1. The number of amides is 1. The van der Waals surface area contributed by atoms with Crippen LogP contribution in [0, 0.1) is 11.7 Å². The Morgan fingerprint density at radius 3 is 2.73 bits per heavy atom. The molecule has 1 atom stereocenters. The van der Waals surface area contributed by atoms with Crippen LogP contribution in [0.5, 0.6) is 5.75 Å². The van der Waals surface area contributed by atoms with Gasteiger partial charge < -0.3 is 14.7 Å². The molecule has 1 aliphatic rings. The number of halogens is 2. The number of benzene rings is 2. The number of hydrogen-bond acceptors (Lipinski definition) is 3. The molecule has 26 heavy (non-hydrogen) atoms. The van der Waals surface area contributed by atoms with Crippen molar-refractivity contribution in [2.24, 2.45) is 5.92 Å². The van der Waals surface area contributed by atoms with E-state index in [1.54, 1.807) is 30.3 Å². The number of carboxylic acid groups (broad SMARTS) is 1. The molecule has 0 bridgehead atoms. The first-order chi connectivity index (χ1) is 12.5. The number of likely N-dealkylation sites (tertiary alicyclic amines) is 1. The van der Waals surface area contributed by atoms with Gasteiger partial charge in [0.25, 0.3) is 0 Å². The molecule has 1 aliphatic heterocycles. The Morgan fingerprint density at radius 1 is 1.27 bits per heavy atom. The molecule has 0 aromatic heterocycles. The first kappa shape index (κ1) is 18.2. The van der Waals surface area contributed by atoms with Gasteiger partial charge in [0.1, 0.15) is 18.2 Å². The second kappa shape index (κ2) is 7.74. The van der Waals surface area contributed by atoms with E-state index in [9.17, 15) is 14.0 Å². The molecule has 0 spiro atoms. The van der Waals surface area contributed by atoms with Crippen molar-refractivity contribution in [3.63, 3.8) is 0 Å². The Bertz CT molecular complexity index is 822. The average Bonchev–Trinajstić information content (AvgIpc) is 2.97. The molecule has 1 unspecified atom stereocenters. The zero-order chi connectivity index (χ0) is 18.7. The number of carbonyl (C=O) groups excluding carboxylic acids is 1. The first-order valence-corrected chi connectivity index (χ1v) is 8.47. The van der Waals surface area contributed by atoms with Gasteiger partial charge in [0.15, 0.2) is 0 Å². The van der Waals surface area contributed by atoms with E-state index in [2.05, 4.69) is 0 Å². The fraction of sp³-hybridized carbons (Fsp3) is 0.263. The Hall–Kier alpha value is -2.60. The topological polar surface area (TPSA) is 66.8 Å². The minimum atomic E-state index is -0.973. The number of carbonyl (C=O) groups is 2. The van der Waals surface area contributed by atoms with Gasteiger partial charge >= 0.3 is 5.97 Å². The van der Waals surface area contributed by atoms with Crippen molar-refractivity contribution in [1.82, 2.24) is 4.90 Å². The van der Waals surface area contributed by atoms with Crippen molar-refractivity contribution in [1.29, 1.82) is 0 Å². The predicted molar refractivity (Wildman–Crippen MR) is 93.3 cm³/mol. The second-order valence-corrected chi connectivity index (χ2v) is 6.52. The van der Waals surface area contributed by atoms with Crippen molar-refractivity contribution >= 4 is 23.5 Å². The lowest BCUT2D eigenvalue weighted by Crippen LogP contribution is -2.26. The summed E-state index contributed by atoms with van der Waals surface area (Å²) in [7, 11) is 0. The lowest BCUT2D eigenvalue weighted by atomic mass is 10.1. The third-order valence-corrected chi connectivity index (χ3v) is 4.69. The van der Waals surface area contributed by atoms with Gasteiger partial charge in [0.2, 0.25) is 5.91 Å². The zero-order valence-electron chi connectivity index (χ0n) is 13.8. The predicted octanol–water partition coefficient (Wildman–Crippen LogP) is 3.49. The summed E-state index contributed by atoms with van der Waals surface area (Å²) in [6, 6.07) is 11.5. The number of ether oxygens (including phenoxy) is 1. The molecule has 136 valence electrons. The largest absolute Gasteiger partial charge is 0.488 e. The number of carboxylic acids is 1. The van der Waals surface area contributed by atoms with E-state index in [1.807, 2.05) is 0 Å². The lowest BCUT2D eigenvalue weighted by Gasteiger charge is -2.19. The molecule has 1 N–H and O–H groups in total. The molecule has 1 heterocycles. The summed E-state index contributed by atoms with van der Waals surface area (Å²) in [5.74, 6) is -1.82. The maximum atomic E-state index is 13.9. The minimum Gasteiger partial charge on any atom is -0.488 e. The fourth-order valence-electron chi connectivity index (χ4n) is 2.89. The monoisotopic (exact) mass is 377 g/mol. The molecule has 1 saturated heterocycles. The molecule has 2 aromatic rings. The SMILES string of the molecule is O=C(O)C1CC(=O)N(Cc2ccccc2OCc2c(F)cccc2Cl)C1. The van der Waals surface area contributed by atoms with Crippen LogP contribution in [-0.2, 0) is 22.7 Å². The highest BCUT2D eigenvalue weighted by atomic mass is 35.5. The number of nitrogens with zero attached hydrogens (tertiary/aromatic N) is 1. The minimum absolute atomic E-state index is 0.00317. The highest BCUT2D eigenvalue weighted by Gasteiger charge is 2.34. The fourth-order valence-corrected chi connectivity index (χ4v) is 3.11. The third-order valence-electron chi connectivity index (χ3n) is 4.33. The van der Waals surface area contributed by atoms with Crippen LogP contribution in [0.25, 0.3) is 0 Å². The van der Waals surface area contributed by atoms with Crippen LogP contribution in [0.3, 0.4) is 0 Å². The number of rotatable bonds is 6. The van der Waals surface area contributed by atoms with Crippen LogP contribution >= 0.6 is 11.6 Å². The first-order valence-electron chi connectivity index (χ1n) is 8.10. The van der Waals surface area contributed by atoms with E-state index >= 15 is 0 Å². The molecule has 0 aliphatic carbocycles. The van der Waals surface area contributed by atoms with E-state index in [-0.39, 0.29) is 42.6 Å². The van der Waals surface area contributed by atoms with Crippen molar-refractivity contribution in [2.75, 3.05) is 6.54 Å². The summed E-state index contributed by atoms with van der Waals surface area (Å²) in [5.41, 5.74) is 0.978. The van der Waals surface area contributed by atoms with Crippen LogP contribution in [0.15, 0.2) is 42.5 Å². The van der Waals surface area contributed by atoms with E-state index in [4.69, 9.17) is 21.4 Å². The van der Waals surface area contributed by atoms with E-state index in [0.29, 0.717) is 5.75 Å². The highest BCUT2D eigenvalue weighted by Crippen LogP contribution is 2.27. The molecular weight excluding hydrogens is 361 g/mol. The van der Waals surface area contributed by atoms with Gasteiger partial charge in [-0.1, -0.05) is 35.9 Å². The molecule has 1 fully saturated rings. The van der Waals surface area contributed by atoms with E-state index in [1.165, 1.54) is 17.0 Å². The molecular formula is C19H17ClFNO4. The van der Waals surface area contributed by atoms with Crippen molar-refractivity contribution < 1.29 is 23.8 Å². The average molecular weight is 378 g/mol. The van der Waals surface area contributed by atoms with Crippen molar-refractivity contribution in [3.8, 4) is 5.75 Å². The van der Waals surface area contributed by atoms with Crippen LogP contribution < -0.4 is 4.74 Å².